The molecule has 0 aromatic heterocycles. The van der Waals surface area contributed by atoms with Crippen molar-refractivity contribution in [3.8, 4) is 5.75 Å². The first-order valence-electron chi connectivity index (χ1n) is 8.26. The number of amides is 2. The van der Waals surface area contributed by atoms with E-state index in [9.17, 15) is 9.59 Å². The minimum Gasteiger partial charge on any atom is -0.477 e. The molecular weight excluding hydrogens is 354 g/mol. The zero-order valence-corrected chi connectivity index (χ0v) is 15.3. The number of ether oxygens (including phenoxy) is 1. The standard InChI is InChI=1S/C19H20ClN3O3/c1-12-7-8-13(20)9-14(12)22-18(24)11-23-10-17(19(25)21-2)26-16-6-4-3-5-15(16)23/h3-9,17H,10-11H2,1-2H3,(H,21,25)(H,22,24)/t17-/m0/s1. The summed E-state index contributed by atoms with van der Waals surface area (Å²) in [5.41, 5.74) is 2.38. The maximum atomic E-state index is 12.6. The Kier molecular flexibility index (Phi) is 5.32. The number of hydrogen-bond donors (Lipinski definition) is 2. The second-order valence-electron chi connectivity index (χ2n) is 6.08. The van der Waals surface area contributed by atoms with E-state index in [1.54, 1.807) is 25.2 Å². The zero-order valence-electron chi connectivity index (χ0n) is 14.6. The smallest absolute Gasteiger partial charge is 0.262 e. The van der Waals surface area contributed by atoms with Crippen molar-refractivity contribution in [1.82, 2.24) is 5.32 Å². The Hall–Kier alpha value is -2.73. The Morgan fingerprint density at radius 3 is 2.81 bits per heavy atom. The van der Waals surface area contributed by atoms with Gasteiger partial charge in [0.05, 0.1) is 18.8 Å². The first-order chi connectivity index (χ1) is 12.5. The number of benzene rings is 2. The number of rotatable bonds is 4. The molecule has 0 radical (unpaired) electrons. The Morgan fingerprint density at radius 2 is 2.04 bits per heavy atom. The van der Waals surface area contributed by atoms with Gasteiger partial charge in [-0.25, -0.2) is 0 Å². The van der Waals surface area contributed by atoms with Crippen LogP contribution in [0.3, 0.4) is 0 Å². The summed E-state index contributed by atoms with van der Waals surface area (Å²) in [5.74, 6) is 0.164. The summed E-state index contributed by atoms with van der Waals surface area (Å²) in [4.78, 5) is 26.4. The Balaban J connectivity index is 1.78. The van der Waals surface area contributed by atoms with Crippen LogP contribution in [-0.2, 0) is 9.59 Å². The number of nitrogens with zero attached hydrogens (tertiary/aromatic N) is 1. The molecule has 0 bridgehead atoms. The van der Waals surface area contributed by atoms with E-state index in [0.29, 0.717) is 23.0 Å². The number of carbonyl (C=O) groups is 2. The van der Waals surface area contributed by atoms with Gasteiger partial charge in [0.15, 0.2) is 6.10 Å². The van der Waals surface area contributed by atoms with Gasteiger partial charge in [-0.3, -0.25) is 9.59 Å². The summed E-state index contributed by atoms with van der Waals surface area (Å²) in [7, 11) is 1.56. The highest BCUT2D eigenvalue weighted by Gasteiger charge is 2.31. The van der Waals surface area contributed by atoms with Gasteiger partial charge < -0.3 is 20.3 Å². The summed E-state index contributed by atoms with van der Waals surface area (Å²) in [6.45, 7) is 2.29. The molecule has 0 fully saturated rings. The molecule has 0 spiro atoms. The Morgan fingerprint density at radius 1 is 1.27 bits per heavy atom. The molecule has 26 heavy (non-hydrogen) atoms. The van der Waals surface area contributed by atoms with Crippen molar-refractivity contribution in [2.24, 2.45) is 0 Å². The number of carbonyl (C=O) groups excluding carboxylic acids is 2. The molecule has 2 aromatic carbocycles. The maximum absolute atomic E-state index is 12.6. The largest absolute Gasteiger partial charge is 0.477 e. The third-order valence-corrected chi connectivity index (χ3v) is 4.44. The molecule has 3 rings (SSSR count). The lowest BCUT2D eigenvalue weighted by Crippen LogP contribution is -2.50. The number of nitrogens with one attached hydrogen (secondary N) is 2. The molecular formula is C19H20ClN3O3. The lowest BCUT2D eigenvalue weighted by atomic mass is 10.1. The van der Waals surface area contributed by atoms with Gasteiger partial charge in [-0.1, -0.05) is 29.8 Å². The van der Waals surface area contributed by atoms with E-state index in [-0.39, 0.29) is 18.4 Å². The minimum absolute atomic E-state index is 0.0970. The van der Waals surface area contributed by atoms with E-state index in [0.717, 1.165) is 11.3 Å². The van der Waals surface area contributed by atoms with Gasteiger partial charge in [0.2, 0.25) is 5.91 Å². The van der Waals surface area contributed by atoms with Crippen LogP contribution < -0.4 is 20.3 Å². The average molecular weight is 374 g/mol. The average Bonchev–Trinajstić information content (AvgIpc) is 2.64. The van der Waals surface area contributed by atoms with Gasteiger partial charge in [-0.05, 0) is 36.8 Å². The number of para-hydroxylation sites is 2. The number of halogens is 1. The van der Waals surface area contributed by atoms with Crippen LogP contribution >= 0.6 is 11.6 Å². The van der Waals surface area contributed by atoms with E-state index in [1.165, 1.54) is 0 Å². The van der Waals surface area contributed by atoms with Gasteiger partial charge in [0.25, 0.3) is 5.91 Å². The summed E-state index contributed by atoms with van der Waals surface area (Å²) in [6, 6.07) is 12.7. The molecule has 0 unspecified atom stereocenters. The number of fused-ring (bicyclic) bond motifs is 1. The number of likely N-dealkylation sites (N-methyl/N-ethyl adjacent to an activating group) is 1. The van der Waals surface area contributed by atoms with Gasteiger partial charge in [0, 0.05) is 17.8 Å². The summed E-state index contributed by atoms with van der Waals surface area (Å²) >= 11 is 6.01. The molecule has 1 aliphatic heterocycles. The van der Waals surface area contributed by atoms with Crippen molar-refractivity contribution in [2.75, 3.05) is 30.4 Å². The van der Waals surface area contributed by atoms with Crippen LogP contribution in [0.4, 0.5) is 11.4 Å². The SMILES string of the molecule is CNC(=O)[C@@H]1CN(CC(=O)Nc2cc(Cl)ccc2C)c2ccccc2O1. The predicted octanol–water partition coefficient (Wildman–Crippen LogP) is 2.60. The minimum atomic E-state index is -0.671. The highest BCUT2D eigenvalue weighted by Crippen LogP contribution is 2.33. The van der Waals surface area contributed by atoms with Crippen molar-refractivity contribution in [1.29, 1.82) is 0 Å². The molecule has 7 heteroatoms. The van der Waals surface area contributed by atoms with E-state index in [1.807, 2.05) is 36.1 Å². The quantitative estimate of drug-likeness (QED) is 0.864. The fourth-order valence-electron chi connectivity index (χ4n) is 2.85. The maximum Gasteiger partial charge on any atom is 0.262 e. The first kappa shape index (κ1) is 18.1. The van der Waals surface area contributed by atoms with Crippen LogP contribution in [-0.4, -0.2) is 38.1 Å². The highest BCUT2D eigenvalue weighted by atomic mass is 35.5. The third-order valence-electron chi connectivity index (χ3n) is 4.21. The van der Waals surface area contributed by atoms with Crippen molar-refractivity contribution in [3.05, 3.63) is 53.1 Å². The van der Waals surface area contributed by atoms with Crippen molar-refractivity contribution in [3.63, 3.8) is 0 Å². The number of anilines is 2. The monoisotopic (exact) mass is 373 g/mol. The predicted molar refractivity (Wildman–Crippen MR) is 102 cm³/mol. The second-order valence-corrected chi connectivity index (χ2v) is 6.51. The molecule has 1 aliphatic rings. The number of aryl methyl sites for hydroxylation is 1. The van der Waals surface area contributed by atoms with Crippen LogP contribution in [0.25, 0.3) is 0 Å². The van der Waals surface area contributed by atoms with Crippen LogP contribution in [0.5, 0.6) is 5.75 Å². The molecule has 0 aliphatic carbocycles. The molecule has 2 N–H and O–H groups in total. The van der Waals surface area contributed by atoms with Crippen LogP contribution in [0.15, 0.2) is 42.5 Å². The van der Waals surface area contributed by atoms with Crippen LogP contribution in [0.1, 0.15) is 5.56 Å². The molecule has 1 atom stereocenters. The van der Waals surface area contributed by atoms with Gasteiger partial charge >= 0.3 is 0 Å². The Bertz CT molecular complexity index is 841. The van der Waals surface area contributed by atoms with E-state index in [2.05, 4.69) is 10.6 Å². The zero-order chi connectivity index (χ0) is 18.7. The van der Waals surface area contributed by atoms with Crippen molar-refractivity contribution in [2.45, 2.75) is 13.0 Å². The molecule has 2 aromatic rings. The van der Waals surface area contributed by atoms with Gasteiger partial charge in [-0.15, -0.1) is 0 Å². The molecule has 136 valence electrons. The first-order valence-corrected chi connectivity index (χ1v) is 8.64. The fourth-order valence-corrected chi connectivity index (χ4v) is 3.02. The topological polar surface area (TPSA) is 70.7 Å². The molecule has 0 saturated heterocycles. The summed E-state index contributed by atoms with van der Waals surface area (Å²) < 4.78 is 5.75. The van der Waals surface area contributed by atoms with E-state index >= 15 is 0 Å². The summed E-state index contributed by atoms with van der Waals surface area (Å²) in [5, 5.41) is 6.03. The van der Waals surface area contributed by atoms with Crippen LogP contribution in [0, 0.1) is 6.92 Å². The Labute approximate surface area is 157 Å². The van der Waals surface area contributed by atoms with Crippen LogP contribution in [0.2, 0.25) is 5.02 Å². The number of hydrogen-bond acceptors (Lipinski definition) is 4. The molecule has 6 nitrogen and oxygen atoms in total. The lowest BCUT2D eigenvalue weighted by Gasteiger charge is -2.35. The van der Waals surface area contributed by atoms with Crippen molar-refractivity contribution < 1.29 is 14.3 Å². The van der Waals surface area contributed by atoms with Gasteiger partial charge in [0.1, 0.15) is 5.75 Å². The third kappa shape index (κ3) is 3.91. The molecule has 1 heterocycles. The second kappa shape index (κ2) is 7.66. The molecule has 0 saturated carbocycles. The van der Waals surface area contributed by atoms with Crippen molar-refractivity contribution >= 4 is 34.8 Å². The van der Waals surface area contributed by atoms with E-state index in [4.69, 9.17) is 16.3 Å². The summed E-state index contributed by atoms with van der Waals surface area (Å²) in [6.07, 6.45) is -0.671. The van der Waals surface area contributed by atoms with Gasteiger partial charge in [-0.2, -0.15) is 0 Å². The highest BCUT2D eigenvalue weighted by molar-refractivity contribution is 6.31. The lowest BCUT2D eigenvalue weighted by molar-refractivity contribution is -0.127. The van der Waals surface area contributed by atoms with E-state index < -0.39 is 6.10 Å². The normalized spacial score (nSPS) is 15.7. The fraction of sp³-hybridized carbons (Fsp3) is 0.263. The molecule has 2 amide bonds.